The fourth-order valence-corrected chi connectivity index (χ4v) is 4.42. The van der Waals surface area contributed by atoms with E-state index in [-0.39, 0.29) is 35.5 Å². The van der Waals surface area contributed by atoms with Crippen LogP contribution in [0.15, 0.2) is 24.4 Å². The molecular weight excluding hydrogens is 476 g/mol. The third-order valence-electron chi connectivity index (χ3n) is 6.25. The third-order valence-corrected chi connectivity index (χ3v) is 6.56. The van der Waals surface area contributed by atoms with Crippen LogP contribution in [-0.2, 0) is 13.0 Å². The monoisotopic (exact) mass is 500 g/mol. The Morgan fingerprint density at radius 3 is 2.76 bits per heavy atom. The molecule has 0 bridgehead atoms. The van der Waals surface area contributed by atoms with E-state index in [1.54, 1.807) is 11.0 Å². The number of hydrogen-bond donors (Lipinski definition) is 2. The van der Waals surface area contributed by atoms with Crippen molar-refractivity contribution in [1.29, 1.82) is 0 Å². The molecular formula is C22H25ClF4N6O. The maximum Gasteiger partial charge on any atom is 0.408 e. The van der Waals surface area contributed by atoms with E-state index < -0.39 is 18.0 Å². The Balaban J connectivity index is 1.44. The first-order valence-corrected chi connectivity index (χ1v) is 11.3. The summed E-state index contributed by atoms with van der Waals surface area (Å²) in [4.78, 5) is 24.9. The van der Waals surface area contributed by atoms with E-state index in [1.165, 1.54) is 18.3 Å². The summed E-state index contributed by atoms with van der Waals surface area (Å²) in [6.45, 7) is 2.81. The molecule has 1 aromatic carbocycles. The molecule has 2 amide bonds. The van der Waals surface area contributed by atoms with Crippen LogP contribution in [0.1, 0.15) is 29.7 Å². The van der Waals surface area contributed by atoms with Gasteiger partial charge in [-0.2, -0.15) is 13.2 Å². The third kappa shape index (κ3) is 5.35. The van der Waals surface area contributed by atoms with Gasteiger partial charge in [-0.25, -0.2) is 19.2 Å². The normalized spacial score (nSPS) is 21.8. The second kappa shape index (κ2) is 9.53. The highest BCUT2D eigenvalue weighted by Gasteiger charge is 2.37. The lowest BCUT2D eigenvalue weighted by Crippen LogP contribution is -2.49. The second-order valence-electron chi connectivity index (χ2n) is 8.80. The van der Waals surface area contributed by atoms with Crippen molar-refractivity contribution in [2.45, 2.75) is 44.1 Å². The molecule has 1 aromatic heterocycles. The minimum Gasteiger partial charge on any atom is -0.343 e. The number of halogens is 5. The van der Waals surface area contributed by atoms with Crippen LogP contribution in [-0.4, -0.2) is 70.7 Å². The summed E-state index contributed by atoms with van der Waals surface area (Å²) in [6, 6.07) is 2.32. The molecule has 7 nitrogen and oxygen atoms in total. The van der Waals surface area contributed by atoms with Crippen molar-refractivity contribution in [1.82, 2.24) is 25.1 Å². The van der Waals surface area contributed by atoms with E-state index in [4.69, 9.17) is 11.6 Å². The Morgan fingerprint density at radius 1 is 1.29 bits per heavy atom. The summed E-state index contributed by atoms with van der Waals surface area (Å²) in [5, 5.41) is 5.35. The van der Waals surface area contributed by atoms with Gasteiger partial charge in [0.15, 0.2) is 0 Å². The molecule has 2 N–H and O–H groups in total. The molecule has 0 radical (unpaired) electrons. The van der Waals surface area contributed by atoms with Crippen LogP contribution in [0.2, 0.25) is 5.02 Å². The number of likely N-dealkylation sites (tertiary alicyclic amines) is 1. The quantitative estimate of drug-likeness (QED) is 0.625. The average Bonchev–Trinajstić information content (AvgIpc) is 3.14. The Bertz CT molecular complexity index is 1070. The van der Waals surface area contributed by atoms with Crippen LogP contribution in [0.3, 0.4) is 0 Å². The lowest BCUT2D eigenvalue weighted by molar-refractivity contribution is -0.138. The number of carbonyl (C=O) groups is 1. The van der Waals surface area contributed by atoms with Crippen molar-refractivity contribution in [3.63, 3.8) is 0 Å². The van der Waals surface area contributed by atoms with Gasteiger partial charge in [0.1, 0.15) is 11.9 Å². The summed E-state index contributed by atoms with van der Waals surface area (Å²) in [7, 11) is 1.93. The van der Waals surface area contributed by atoms with Crippen molar-refractivity contribution >= 4 is 23.6 Å². The number of carbonyl (C=O) groups excluding carboxylic acids is 1. The fraction of sp³-hybridized carbons (Fsp3) is 0.500. The Hall–Kier alpha value is -2.66. The second-order valence-corrected chi connectivity index (χ2v) is 9.21. The van der Waals surface area contributed by atoms with Gasteiger partial charge in [0.05, 0.1) is 23.3 Å². The van der Waals surface area contributed by atoms with Gasteiger partial charge in [0.25, 0.3) is 0 Å². The number of hydrogen-bond acceptors (Lipinski definition) is 5. The first kappa shape index (κ1) is 24.5. The number of nitrogens with one attached hydrogen (secondary N) is 2. The Labute approximate surface area is 199 Å². The van der Waals surface area contributed by atoms with Crippen LogP contribution in [0.5, 0.6) is 0 Å². The van der Waals surface area contributed by atoms with Crippen LogP contribution in [0.4, 0.5) is 28.3 Å². The fourth-order valence-electron chi connectivity index (χ4n) is 4.30. The zero-order valence-corrected chi connectivity index (χ0v) is 19.4. The zero-order valence-electron chi connectivity index (χ0n) is 18.7. The standard InChI is InChI=1S/C22H25ClF4N6O/c1-12(22(25,26)27)29-20-28-8-14-5-6-33(11-18(14)30-20)21(34)31-19-10-32(2)9-15(19)13-3-4-16(23)17(24)7-13/h3-4,7-8,12,15,19H,5-6,9-11H2,1-2H3,(H,31,34)(H,28,29,30)/t12-,15+,19-/m1/s1. The van der Waals surface area contributed by atoms with E-state index in [0.29, 0.717) is 31.7 Å². The minimum absolute atomic E-state index is 0.0446. The molecule has 34 heavy (non-hydrogen) atoms. The molecule has 1 fully saturated rings. The summed E-state index contributed by atoms with van der Waals surface area (Å²) < 4.78 is 52.6. The lowest BCUT2D eigenvalue weighted by atomic mass is 9.94. The number of anilines is 1. The molecule has 0 unspecified atom stereocenters. The van der Waals surface area contributed by atoms with Gasteiger partial charge in [0.2, 0.25) is 5.95 Å². The average molecular weight is 501 g/mol. The van der Waals surface area contributed by atoms with Gasteiger partial charge in [-0.3, -0.25) is 0 Å². The van der Waals surface area contributed by atoms with E-state index in [9.17, 15) is 22.4 Å². The first-order valence-electron chi connectivity index (χ1n) is 10.9. The molecule has 3 atom stereocenters. The predicted octanol–water partition coefficient (Wildman–Crippen LogP) is 3.80. The summed E-state index contributed by atoms with van der Waals surface area (Å²) in [5.74, 6) is -0.747. The van der Waals surface area contributed by atoms with Crippen molar-refractivity contribution < 1.29 is 22.4 Å². The highest BCUT2D eigenvalue weighted by molar-refractivity contribution is 6.30. The lowest BCUT2D eigenvalue weighted by Gasteiger charge is -2.30. The number of benzene rings is 1. The zero-order chi connectivity index (χ0) is 24.6. The number of fused-ring (bicyclic) bond motifs is 1. The molecule has 12 heteroatoms. The highest BCUT2D eigenvalue weighted by Crippen LogP contribution is 2.30. The van der Waals surface area contributed by atoms with Crippen LogP contribution >= 0.6 is 11.6 Å². The highest BCUT2D eigenvalue weighted by atomic mass is 35.5. The topological polar surface area (TPSA) is 73.4 Å². The van der Waals surface area contributed by atoms with Gasteiger partial charge >= 0.3 is 12.2 Å². The molecule has 0 saturated carbocycles. The molecule has 184 valence electrons. The number of likely N-dealkylation sites (N-methyl/N-ethyl adjacent to an activating group) is 1. The minimum atomic E-state index is -4.43. The Morgan fingerprint density at radius 2 is 2.06 bits per heavy atom. The van der Waals surface area contributed by atoms with Crippen molar-refractivity contribution in [2.75, 3.05) is 32.0 Å². The number of rotatable bonds is 4. The predicted molar refractivity (Wildman–Crippen MR) is 119 cm³/mol. The van der Waals surface area contributed by atoms with E-state index in [2.05, 4.69) is 25.5 Å². The van der Waals surface area contributed by atoms with Crippen molar-refractivity contribution in [2.24, 2.45) is 0 Å². The smallest absolute Gasteiger partial charge is 0.343 e. The van der Waals surface area contributed by atoms with Gasteiger partial charge in [-0.05, 0) is 43.7 Å². The molecule has 2 aromatic rings. The Kier molecular flexibility index (Phi) is 6.86. The van der Waals surface area contributed by atoms with Crippen LogP contribution < -0.4 is 10.6 Å². The number of aromatic nitrogens is 2. The van der Waals surface area contributed by atoms with Gasteiger partial charge in [-0.15, -0.1) is 0 Å². The van der Waals surface area contributed by atoms with E-state index >= 15 is 0 Å². The van der Waals surface area contributed by atoms with Gasteiger partial charge < -0.3 is 20.4 Å². The van der Waals surface area contributed by atoms with Gasteiger partial charge in [0, 0.05) is 31.7 Å². The number of alkyl halides is 3. The molecule has 0 spiro atoms. The molecule has 1 saturated heterocycles. The van der Waals surface area contributed by atoms with Gasteiger partial charge in [-0.1, -0.05) is 17.7 Å². The van der Waals surface area contributed by atoms with E-state index in [1.807, 2.05) is 7.05 Å². The summed E-state index contributed by atoms with van der Waals surface area (Å²) in [5.41, 5.74) is 2.06. The molecule has 3 heterocycles. The molecule has 0 aliphatic carbocycles. The summed E-state index contributed by atoms with van der Waals surface area (Å²) >= 11 is 5.81. The van der Waals surface area contributed by atoms with Crippen molar-refractivity contribution in [3.05, 3.63) is 52.1 Å². The first-order chi connectivity index (χ1) is 16.0. The molecule has 4 rings (SSSR count). The SMILES string of the molecule is C[C@@H](Nc1ncc2c(n1)CN(C(=O)N[C@@H]1CN(C)C[C@H]1c1ccc(Cl)c(F)c1)CC2)C(F)(F)F. The number of amides is 2. The largest absolute Gasteiger partial charge is 0.408 e. The number of urea groups is 1. The van der Waals surface area contributed by atoms with Crippen LogP contribution in [0.25, 0.3) is 0 Å². The molecule has 2 aliphatic heterocycles. The maximum absolute atomic E-state index is 14.0. The van der Waals surface area contributed by atoms with Crippen molar-refractivity contribution in [3.8, 4) is 0 Å². The van der Waals surface area contributed by atoms with E-state index in [0.717, 1.165) is 18.1 Å². The summed E-state index contributed by atoms with van der Waals surface area (Å²) in [6.07, 6.45) is -2.43. The maximum atomic E-state index is 14.0. The molecule has 2 aliphatic rings. The number of nitrogens with zero attached hydrogens (tertiary/aromatic N) is 4. The van der Waals surface area contributed by atoms with Crippen LogP contribution in [0, 0.1) is 5.82 Å².